The van der Waals surface area contributed by atoms with Gasteiger partial charge in [0.25, 0.3) is 0 Å². The minimum Gasteiger partial charge on any atom is -0.454 e. The van der Waals surface area contributed by atoms with Crippen LogP contribution in [0.1, 0.15) is 11.1 Å². The number of nitriles is 2. The summed E-state index contributed by atoms with van der Waals surface area (Å²) in [6, 6.07) is 13.6. The first-order chi connectivity index (χ1) is 21.3. The van der Waals surface area contributed by atoms with Crippen molar-refractivity contribution in [3.05, 3.63) is 97.8 Å². The lowest BCUT2D eigenvalue weighted by Gasteiger charge is -2.09. The monoisotopic (exact) mass is 916 g/mol. The largest absolute Gasteiger partial charge is 0.454 e. The van der Waals surface area contributed by atoms with Gasteiger partial charge in [0.15, 0.2) is 27.4 Å². The van der Waals surface area contributed by atoms with Crippen LogP contribution in [0.2, 0.25) is 10.0 Å². The fraction of sp³-hybridized carbons (Fsp3) is 0.0400. The highest BCUT2D eigenvalue weighted by molar-refractivity contribution is 9.93. The molecule has 0 fully saturated rings. The van der Waals surface area contributed by atoms with Crippen LogP contribution in [-0.4, -0.2) is 14.3 Å². The summed E-state index contributed by atoms with van der Waals surface area (Å²) in [5.41, 5.74) is 2.38. The lowest BCUT2D eigenvalue weighted by molar-refractivity contribution is 0.427. The third-order valence-electron chi connectivity index (χ3n) is 4.34. The lowest BCUT2D eigenvalue weighted by Crippen LogP contribution is -2.12. The molecule has 4 rings (SSSR count). The van der Waals surface area contributed by atoms with Gasteiger partial charge < -0.3 is 14.9 Å². The fourth-order valence-electron chi connectivity index (χ4n) is 2.80. The average molecular weight is 921 g/mol. The number of pyridine rings is 2. The van der Waals surface area contributed by atoms with Gasteiger partial charge in [0.05, 0.1) is 23.3 Å². The van der Waals surface area contributed by atoms with E-state index in [9.17, 15) is 17.6 Å². The van der Waals surface area contributed by atoms with Crippen molar-refractivity contribution in [3.8, 4) is 35.1 Å². The Kier molecular flexibility index (Phi) is 18.8. The van der Waals surface area contributed by atoms with Gasteiger partial charge in [-0.15, -0.1) is 0 Å². The summed E-state index contributed by atoms with van der Waals surface area (Å²) in [5, 5.41) is 18.1. The number of rotatable bonds is 5. The first-order valence-electron chi connectivity index (χ1n) is 10.9. The topological polar surface area (TPSA) is 130 Å². The van der Waals surface area contributed by atoms with Crippen LogP contribution in [0.25, 0.3) is 0 Å². The van der Waals surface area contributed by atoms with E-state index in [-0.39, 0.29) is 43.0 Å². The van der Waals surface area contributed by atoms with E-state index in [1.165, 1.54) is 36.4 Å². The minimum atomic E-state index is -0.975. The highest BCUT2D eigenvalue weighted by Gasteiger charge is 2.15. The Bertz CT molecular complexity index is 1700. The average Bonchev–Trinajstić information content (AvgIpc) is 2.97. The molecule has 2 aromatic carbocycles. The number of nitrogens with zero attached hydrogens (tertiary/aromatic N) is 4. The second-order valence-electron chi connectivity index (χ2n) is 7.32. The summed E-state index contributed by atoms with van der Waals surface area (Å²) in [6.45, 7) is 0. The molecule has 0 bridgehead atoms. The molecule has 0 aliphatic heterocycles. The number of hydrogen-bond acceptors (Lipinski definition) is 8. The Morgan fingerprint density at radius 1 is 0.733 bits per heavy atom. The van der Waals surface area contributed by atoms with Crippen LogP contribution in [0.3, 0.4) is 0 Å². The summed E-state index contributed by atoms with van der Waals surface area (Å²) in [5.74, 6) is 0.250. The molecule has 2 aromatic heterocycles. The first kappa shape index (κ1) is 40.7. The number of nitrogen functional groups attached to an aromatic ring is 1. The zero-order valence-electron chi connectivity index (χ0n) is 21.4. The molecule has 0 radical (unpaired) electrons. The maximum absolute atomic E-state index is 13.8. The molecular weight excluding hydrogens is 909 g/mol. The molecule has 0 unspecified atom stereocenters. The highest BCUT2D eigenvalue weighted by atomic mass is 80.9. The second-order valence-corrected chi connectivity index (χ2v) is 10.9. The SMILES string of the molecule is BrBr.ClC(Cl)Cl.N#Cc1cc(Cl)cc(Oc2cc(F)nc(Br)c2F)c1.N#Cc1cc(Cl)cc(Oc2cc(F)nc(NN)c2F)c1. The van der Waals surface area contributed by atoms with Crippen molar-refractivity contribution in [1.29, 1.82) is 10.5 Å². The molecule has 238 valence electrons. The zero-order valence-corrected chi connectivity index (χ0v) is 30.0. The van der Waals surface area contributed by atoms with Gasteiger partial charge in [-0.1, -0.05) is 58.0 Å². The molecule has 2 heterocycles. The standard InChI is InChI=1S/C12H4BrClF2N2O.C12H7ClF2N4O.CHCl3.Br2/c13-12-11(16)9(4-10(15)18-12)19-8-2-6(5-17)1-7(14)3-8;13-7-1-6(5-16)2-8(3-7)20-9-4-10(14)18-12(19-17)11(9)15;2-1(3)4;1-2/h1-4H;1-4H,17H2,(H,18,19);1H;. The number of alkyl halides is 3. The van der Waals surface area contributed by atoms with Crippen molar-refractivity contribution in [2.45, 2.75) is 4.30 Å². The number of nitrogens with two attached hydrogens (primary N) is 1. The Hall–Kier alpha value is -2.31. The number of anilines is 1. The van der Waals surface area contributed by atoms with E-state index >= 15 is 0 Å². The first-order valence-corrected chi connectivity index (χ1v) is 17.5. The minimum absolute atomic E-state index is 0.0847. The third-order valence-corrected chi connectivity index (χ3v) is 5.30. The van der Waals surface area contributed by atoms with Crippen molar-refractivity contribution in [3.63, 3.8) is 0 Å². The number of ether oxygens (including phenoxy) is 2. The van der Waals surface area contributed by atoms with E-state index in [1.54, 1.807) is 0 Å². The maximum atomic E-state index is 13.8. The van der Waals surface area contributed by atoms with E-state index in [0.717, 1.165) is 12.1 Å². The Morgan fingerprint density at radius 2 is 1.13 bits per heavy atom. The van der Waals surface area contributed by atoms with Gasteiger partial charge in [0.2, 0.25) is 17.7 Å². The van der Waals surface area contributed by atoms with Crippen LogP contribution in [0, 0.1) is 46.2 Å². The summed E-state index contributed by atoms with van der Waals surface area (Å²) >= 11 is 34.2. The van der Waals surface area contributed by atoms with Gasteiger partial charge in [0, 0.05) is 50.4 Å². The molecule has 0 atom stereocenters. The Labute approximate surface area is 301 Å². The predicted molar refractivity (Wildman–Crippen MR) is 175 cm³/mol. The van der Waals surface area contributed by atoms with E-state index in [4.69, 9.17) is 83.8 Å². The van der Waals surface area contributed by atoms with E-state index in [2.05, 4.69) is 54.2 Å². The molecule has 0 saturated heterocycles. The number of hydrogen-bond donors (Lipinski definition) is 2. The molecule has 0 aliphatic rings. The number of hydrazine groups is 1. The molecule has 0 amide bonds. The highest BCUT2D eigenvalue weighted by Crippen LogP contribution is 2.32. The van der Waals surface area contributed by atoms with Crippen LogP contribution >= 0.6 is 102 Å². The van der Waals surface area contributed by atoms with Crippen molar-refractivity contribution < 1.29 is 27.0 Å². The second kappa shape index (κ2) is 20.7. The van der Waals surface area contributed by atoms with Crippen LogP contribution < -0.4 is 20.7 Å². The summed E-state index contributed by atoms with van der Waals surface area (Å²) in [4.78, 5) is 6.45. The van der Waals surface area contributed by atoms with Crippen molar-refractivity contribution >= 4 is 108 Å². The van der Waals surface area contributed by atoms with Gasteiger partial charge in [-0.05, 0) is 52.3 Å². The molecule has 8 nitrogen and oxygen atoms in total. The number of halogens is 12. The van der Waals surface area contributed by atoms with Crippen LogP contribution in [-0.2, 0) is 0 Å². The van der Waals surface area contributed by atoms with Crippen molar-refractivity contribution in [2.75, 3.05) is 5.43 Å². The molecule has 4 aromatic rings. The van der Waals surface area contributed by atoms with E-state index in [0.29, 0.717) is 0 Å². The molecule has 0 aliphatic carbocycles. The van der Waals surface area contributed by atoms with Crippen molar-refractivity contribution in [1.82, 2.24) is 9.97 Å². The molecular formula is C25H12Br3Cl5F4N6O2. The Balaban J connectivity index is 0.000000384. The van der Waals surface area contributed by atoms with Crippen LogP contribution in [0.15, 0.2) is 53.1 Å². The number of benzene rings is 2. The zero-order chi connectivity index (χ0) is 34.3. The third kappa shape index (κ3) is 14.3. The quantitative estimate of drug-likeness (QED) is 0.0665. The molecule has 0 spiro atoms. The normalized spacial score (nSPS) is 9.60. The number of aromatic nitrogens is 2. The maximum Gasteiger partial charge on any atom is 0.218 e. The van der Waals surface area contributed by atoms with Gasteiger partial charge in [-0.3, -0.25) is 0 Å². The van der Waals surface area contributed by atoms with Gasteiger partial charge >= 0.3 is 0 Å². The molecule has 3 N–H and O–H groups in total. The van der Waals surface area contributed by atoms with Crippen molar-refractivity contribution in [2.24, 2.45) is 5.84 Å². The van der Waals surface area contributed by atoms with Gasteiger partial charge in [-0.25, -0.2) is 10.8 Å². The lowest BCUT2D eigenvalue weighted by atomic mass is 10.2. The number of nitrogens with one attached hydrogen (secondary N) is 1. The summed E-state index contributed by atoms with van der Waals surface area (Å²) in [7, 11) is 0. The fourth-order valence-corrected chi connectivity index (χ4v) is 3.61. The molecule has 20 heteroatoms. The predicted octanol–water partition coefficient (Wildman–Crippen LogP) is 11.1. The van der Waals surface area contributed by atoms with E-state index < -0.39 is 39.4 Å². The Morgan fingerprint density at radius 3 is 1.53 bits per heavy atom. The molecule has 0 saturated carbocycles. The summed E-state index contributed by atoms with van der Waals surface area (Å²) in [6.07, 6.45) is 0. The van der Waals surface area contributed by atoms with Gasteiger partial charge in [-0.2, -0.15) is 33.1 Å². The van der Waals surface area contributed by atoms with Crippen LogP contribution in [0.4, 0.5) is 23.4 Å². The van der Waals surface area contributed by atoms with E-state index in [1.807, 2.05) is 17.6 Å². The summed E-state index contributed by atoms with van der Waals surface area (Å²) < 4.78 is 63.0. The van der Waals surface area contributed by atoms with Crippen LogP contribution in [0.5, 0.6) is 23.0 Å². The molecule has 45 heavy (non-hydrogen) atoms. The van der Waals surface area contributed by atoms with Gasteiger partial charge in [0.1, 0.15) is 16.1 Å². The smallest absolute Gasteiger partial charge is 0.218 e.